The number of hydrogen-bond donors (Lipinski definition) is 1. The summed E-state index contributed by atoms with van der Waals surface area (Å²) in [5, 5.41) is 4.31. The highest BCUT2D eigenvalue weighted by Crippen LogP contribution is 2.09. The molecule has 0 aliphatic rings. The van der Waals surface area contributed by atoms with Gasteiger partial charge in [-0.25, -0.2) is 9.66 Å². The summed E-state index contributed by atoms with van der Waals surface area (Å²) in [7, 11) is 0. The first-order valence-electron chi connectivity index (χ1n) is 6.33. The number of benzene rings is 1. The third kappa shape index (κ3) is 3.55. The monoisotopic (exact) mass is 270 g/mol. The lowest BCUT2D eigenvalue weighted by atomic mass is 10.1. The van der Waals surface area contributed by atoms with Gasteiger partial charge in [0.05, 0.1) is 31.3 Å². The Labute approximate surface area is 118 Å². The summed E-state index contributed by atoms with van der Waals surface area (Å²) in [6.07, 6.45) is 5.26. The van der Waals surface area contributed by atoms with Gasteiger partial charge >= 0.3 is 0 Å². The molecule has 0 aliphatic carbocycles. The number of aryl methyl sites for hydroxylation is 1. The normalized spacial score (nSPS) is 11.1. The van der Waals surface area contributed by atoms with Crippen molar-refractivity contribution in [2.75, 3.05) is 12.3 Å². The summed E-state index contributed by atoms with van der Waals surface area (Å²) in [5.41, 5.74) is 8.63. The van der Waals surface area contributed by atoms with Gasteiger partial charge in [-0.05, 0) is 12.5 Å². The van der Waals surface area contributed by atoms with Gasteiger partial charge in [0.1, 0.15) is 0 Å². The molecule has 1 aromatic carbocycles. The molecule has 5 nitrogen and oxygen atoms in total. The van der Waals surface area contributed by atoms with E-state index >= 15 is 0 Å². The van der Waals surface area contributed by atoms with Crippen LogP contribution < -0.4 is 5.73 Å². The maximum Gasteiger partial charge on any atom is 0.221 e. The van der Waals surface area contributed by atoms with Crippen LogP contribution in [0.3, 0.4) is 0 Å². The molecule has 0 saturated carbocycles. The second-order valence-corrected chi connectivity index (χ2v) is 4.33. The van der Waals surface area contributed by atoms with E-state index < -0.39 is 0 Å². The van der Waals surface area contributed by atoms with E-state index in [1.165, 1.54) is 0 Å². The molecule has 0 unspecified atom stereocenters. The van der Waals surface area contributed by atoms with Gasteiger partial charge in [0.25, 0.3) is 0 Å². The minimum atomic E-state index is 0.374. The van der Waals surface area contributed by atoms with E-state index in [-0.39, 0.29) is 0 Å². The Kier molecular flexibility index (Phi) is 4.68. The number of hydrogen-bond acceptors (Lipinski definition) is 4. The minimum absolute atomic E-state index is 0.374. The van der Waals surface area contributed by atoms with E-state index in [9.17, 15) is 0 Å². The Balaban J connectivity index is 2.16. The summed E-state index contributed by atoms with van der Waals surface area (Å²) in [6, 6.07) is 7.92. The number of anilines is 1. The molecule has 2 aromatic rings. The number of nitrogens with two attached hydrogens (primary N) is 1. The molecule has 104 valence electrons. The van der Waals surface area contributed by atoms with Crippen LogP contribution in [0.1, 0.15) is 16.8 Å². The zero-order chi connectivity index (χ0) is 14.4. The first kappa shape index (κ1) is 14.0. The number of nitrogen functional groups attached to an aromatic ring is 1. The molecular formula is C15H18N4O. The van der Waals surface area contributed by atoms with Gasteiger partial charge in [-0.1, -0.05) is 30.3 Å². The van der Waals surface area contributed by atoms with Gasteiger partial charge in [-0.3, -0.25) is 0 Å². The van der Waals surface area contributed by atoms with Crippen LogP contribution in [0.5, 0.6) is 0 Å². The average molecular weight is 270 g/mol. The number of imidazole rings is 1. The Bertz CT molecular complexity index is 616. The van der Waals surface area contributed by atoms with Crippen molar-refractivity contribution in [2.24, 2.45) is 5.10 Å². The molecule has 0 fully saturated rings. The first-order chi connectivity index (χ1) is 9.70. The number of rotatable bonds is 6. The molecule has 20 heavy (non-hydrogen) atoms. The van der Waals surface area contributed by atoms with E-state index in [4.69, 9.17) is 10.5 Å². The fraction of sp³-hybridized carbons (Fsp3) is 0.200. The largest absolute Gasteiger partial charge is 0.373 e. The Hall–Kier alpha value is -2.40. The standard InChI is InChI=1S/C15H18N4O/c1-3-8-20-11-14-7-5-4-6-13(14)9-17-19-10-12(2)18-15(19)16/h3-7,9-10H,1,8,11H2,2H3,(H2,16,18). The third-order valence-corrected chi connectivity index (χ3v) is 2.70. The van der Waals surface area contributed by atoms with E-state index in [0.717, 1.165) is 16.8 Å². The summed E-state index contributed by atoms with van der Waals surface area (Å²) >= 11 is 0. The van der Waals surface area contributed by atoms with Gasteiger partial charge in [-0.15, -0.1) is 6.58 Å². The van der Waals surface area contributed by atoms with Gasteiger partial charge in [0.15, 0.2) is 0 Å². The Morgan fingerprint density at radius 3 is 2.95 bits per heavy atom. The van der Waals surface area contributed by atoms with Gasteiger partial charge in [0, 0.05) is 5.56 Å². The second kappa shape index (κ2) is 6.68. The van der Waals surface area contributed by atoms with Crippen LogP contribution >= 0.6 is 0 Å². The molecule has 0 bridgehead atoms. The van der Waals surface area contributed by atoms with Crippen LogP contribution in [0.25, 0.3) is 0 Å². The van der Waals surface area contributed by atoms with Crippen molar-refractivity contribution in [1.82, 2.24) is 9.66 Å². The molecule has 0 atom stereocenters. The van der Waals surface area contributed by atoms with Crippen LogP contribution in [0, 0.1) is 6.92 Å². The van der Waals surface area contributed by atoms with Crippen molar-refractivity contribution in [3.8, 4) is 0 Å². The maximum atomic E-state index is 5.74. The average Bonchev–Trinajstić information content (AvgIpc) is 2.76. The predicted molar refractivity (Wildman–Crippen MR) is 80.7 cm³/mol. The summed E-state index contributed by atoms with van der Waals surface area (Å²) < 4.78 is 7.02. The number of nitrogens with zero attached hydrogens (tertiary/aromatic N) is 3. The highest BCUT2D eigenvalue weighted by Gasteiger charge is 2.01. The summed E-state index contributed by atoms with van der Waals surface area (Å²) in [4.78, 5) is 4.10. The second-order valence-electron chi connectivity index (χ2n) is 4.33. The topological polar surface area (TPSA) is 65.4 Å². The molecular weight excluding hydrogens is 252 g/mol. The van der Waals surface area contributed by atoms with Gasteiger partial charge in [0.2, 0.25) is 5.95 Å². The van der Waals surface area contributed by atoms with Crippen molar-refractivity contribution in [3.05, 3.63) is 59.9 Å². The molecule has 0 spiro atoms. The van der Waals surface area contributed by atoms with E-state index in [2.05, 4.69) is 16.7 Å². The quantitative estimate of drug-likeness (QED) is 0.498. The van der Waals surface area contributed by atoms with Gasteiger partial charge in [-0.2, -0.15) is 5.10 Å². The van der Waals surface area contributed by atoms with E-state index in [1.54, 1.807) is 23.2 Å². The lowest BCUT2D eigenvalue weighted by molar-refractivity contribution is 0.149. The third-order valence-electron chi connectivity index (χ3n) is 2.70. The van der Waals surface area contributed by atoms with Crippen LogP contribution in [0.4, 0.5) is 5.95 Å². The molecule has 1 heterocycles. The van der Waals surface area contributed by atoms with Crippen molar-refractivity contribution in [2.45, 2.75) is 13.5 Å². The van der Waals surface area contributed by atoms with Crippen LogP contribution in [-0.2, 0) is 11.3 Å². The zero-order valence-corrected chi connectivity index (χ0v) is 11.5. The lowest BCUT2D eigenvalue weighted by Crippen LogP contribution is -2.00. The lowest BCUT2D eigenvalue weighted by Gasteiger charge is -2.05. The van der Waals surface area contributed by atoms with Crippen LogP contribution in [0.2, 0.25) is 0 Å². The van der Waals surface area contributed by atoms with E-state index in [0.29, 0.717) is 19.2 Å². The van der Waals surface area contributed by atoms with Crippen LogP contribution in [0.15, 0.2) is 48.2 Å². The molecule has 2 N–H and O–H groups in total. The SMILES string of the molecule is C=CCOCc1ccccc1C=Nn1cc(C)nc1N. The fourth-order valence-corrected chi connectivity index (χ4v) is 1.76. The van der Waals surface area contributed by atoms with Gasteiger partial charge < -0.3 is 10.5 Å². The Morgan fingerprint density at radius 2 is 2.25 bits per heavy atom. The van der Waals surface area contributed by atoms with Crippen molar-refractivity contribution in [3.63, 3.8) is 0 Å². The number of aromatic nitrogens is 2. The van der Waals surface area contributed by atoms with Crippen molar-refractivity contribution < 1.29 is 4.74 Å². The number of ether oxygens (including phenoxy) is 1. The molecule has 5 heteroatoms. The highest BCUT2D eigenvalue weighted by molar-refractivity contribution is 5.81. The predicted octanol–water partition coefficient (Wildman–Crippen LogP) is 2.36. The fourth-order valence-electron chi connectivity index (χ4n) is 1.76. The maximum absolute atomic E-state index is 5.74. The molecule has 1 aromatic heterocycles. The minimum Gasteiger partial charge on any atom is -0.373 e. The zero-order valence-electron chi connectivity index (χ0n) is 11.5. The smallest absolute Gasteiger partial charge is 0.221 e. The first-order valence-corrected chi connectivity index (χ1v) is 6.33. The molecule has 0 radical (unpaired) electrons. The molecule has 0 amide bonds. The summed E-state index contributed by atoms with van der Waals surface area (Å²) in [6.45, 7) is 6.55. The highest BCUT2D eigenvalue weighted by atomic mass is 16.5. The van der Waals surface area contributed by atoms with Crippen molar-refractivity contribution in [1.29, 1.82) is 0 Å². The summed E-state index contributed by atoms with van der Waals surface area (Å²) in [5.74, 6) is 0.374. The van der Waals surface area contributed by atoms with Crippen molar-refractivity contribution >= 4 is 12.2 Å². The molecule has 0 aliphatic heterocycles. The van der Waals surface area contributed by atoms with E-state index in [1.807, 2.05) is 31.2 Å². The Morgan fingerprint density at radius 1 is 1.45 bits per heavy atom. The van der Waals surface area contributed by atoms with Crippen LogP contribution in [-0.4, -0.2) is 22.5 Å². The molecule has 0 saturated heterocycles. The molecule has 2 rings (SSSR count).